The summed E-state index contributed by atoms with van der Waals surface area (Å²) in [5.41, 5.74) is 10.1. The van der Waals surface area contributed by atoms with Gasteiger partial charge in [0.15, 0.2) is 0 Å². The molecule has 1 aliphatic heterocycles. The first-order valence-electron chi connectivity index (χ1n) is 10.1. The maximum absolute atomic E-state index is 14.3. The molecule has 0 radical (unpaired) electrons. The normalized spacial score (nSPS) is 12.9. The van der Waals surface area contributed by atoms with Crippen molar-refractivity contribution in [1.82, 2.24) is 9.55 Å². The molecule has 0 amide bonds. The number of anilines is 1. The summed E-state index contributed by atoms with van der Waals surface area (Å²) in [7, 11) is 0. The quantitative estimate of drug-likeness (QED) is 0.438. The molecule has 0 unspecified atom stereocenters. The van der Waals surface area contributed by atoms with Crippen molar-refractivity contribution in [2.75, 3.05) is 5.73 Å². The number of nitrogens with zero attached hydrogens (tertiary/aromatic N) is 2. The van der Waals surface area contributed by atoms with Crippen molar-refractivity contribution in [2.45, 2.75) is 25.8 Å². The number of benzene rings is 2. The van der Waals surface area contributed by atoms with Crippen LogP contribution in [-0.4, -0.2) is 25.7 Å². The number of aromatic nitrogens is 2. The standard InChI is InChI=1S/C24H19F2N3O3/c25-15-8-7-14(16(26)11-15)10-17-21(27)19(12-3-5-13(6-4-12)24(31)32)20-22(28-17)18-2-1-9-29(18)23(20)30/h3-8,11,30H,1-2,9-10,27H2,(H,31,32). The van der Waals surface area contributed by atoms with Crippen LogP contribution in [0.1, 0.15) is 33.7 Å². The second kappa shape index (κ2) is 7.33. The number of nitrogens with two attached hydrogens (primary N) is 1. The number of halogens is 2. The molecule has 1 aliphatic rings. The first-order chi connectivity index (χ1) is 15.3. The third-order valence-electron chi connectivity index (χ3n) is 5.98. The Bertz CT molecular complexity index is 1390. The molecule has 4 N–H and O–H groups in total. The van der Waals surface area contributed by atoms with E-state index < -0.39 is 17.6 Å². The molecule has 3 heterocycles. The topological polar surface area (TPSA) is 101 Å². The van der Waals surface area contributed by atoms with Gasteiger partial charge in [0.05, 0.1) is 27.8 Å². The lowest BCUT2D eigenvalue weighted by Crippen LogP contribution is -2.05. The zero-order valence-electron chi connectivity index (χ0n) is 16.9. The Morgan fingerprint density at radius 3 is 2.59 bits per heavy atom. The van der Waals surface area contributed by atoms with E-state index in [4.69, 9.17) is 10.7 Å². The van der Waals surface area contributed by atoms with Crippen molar-refractivity contribution in [1.29, 1.82) is 0 Å². The van der Waals surface area contributed by atoms with Crippen LogP contribution in [0.4, 0.5) is 14.5 Å². The van der Waals surface area contributed by atoms with Crippen LogP contribution in [0.3, 0.4) is 0 Å². The molecule has 0 aliphatic carbocycles. The lowest BCUT2D eigenvalue weighted by atomic mass is 9.96. The fourth-order valence-electron chi connectivity index (χ4n) is 4.42. The number of carbonyl (C=O) groups is 1. The molecule has 162 valence electrons. The summed E-state index contributed by atoms with van der Waals surface area (Å²) < 4.78 is 29.5. The summed E-state index contributed by atoms with van der Waals surface area (Å²) in [5, 5.41) is 20.6. The van der Waals surface area contributed by atoms with Crippen LogP contribution in [0.2, 0.25) is 0 Å². The Balaban J connectivity index is 1.75. The minimum absolute atomic E-state index is 0.0411. The predicted molar refractivity (Wildman–Crippen MR) is 116 cm³/mol. The molecule has 0 saturated carbocycles. The maximum Gasteiger partial charge on any atom is 0.335 e. The number of carboxylic acid groups (broad SMARTS) is 1. The fourth-order valence-corrected chi connectivity index (χ4v) is 4.42. The number of hydrogen-bond acceptors (Lipinski definition) is 4. The van der Waals surface area contributed by atoms with Crippen molar-refractivity contribution < 1.29 is 23.8 Å². The van der Waals surface area contributed by atoms with E-state index in [0.29, 0.717) is 34.3 Å². The largest absolute Gasteiger partial charge is 0.494 e. The van der Waals surface area contributed by atoms with Crippen molar-refractivity contribution in [3.8, 4) is 17.0 Å². The Morgan fingerprint density at radius 2 is 1.91 bits per heavy atom. The van der Waals surface area contributed by atoms with E-state index >= 15 is 0 Å². The first kappa shape index (κ1) is 20.0. The molecule has 2 aromatic heterocycles. The summed E-state index contributed by atoms with van der Waals surface area (Å²) in [6, 6.07) is 9.53. The van der Waals surface area contributed by atoms with Gasteiger partial charge in [-0.1, -0.05) is 18.2 Å². The fraction of sp³-hybridized carbons (Fsp3) is 0.167. The molecule has 32 heavy (non-hydrogen) atoms. The van der Waals surface area contributed by atoms with Gasteiger partial charge in [0.2, 0.25) is 5.88 Å². The van der Waals surface area contributed by atoms with Crippen LogP contribution in [-0.2, 0) is 19.4 Å². The number of carboxylic acids is 1. The van der Waals surface area contributed by atoms with E-state index in [9.17, 15) is 23.8 Å². The van der Waals surface area contributed by atoms with Gasteiger partial charge in [-0.05, 0) is 42.2 Å². The molecule has 2 aromatic carbocycles. The summed E-state index contributed by atoms with van der Waals surface area (Å²) in [6.07, 6.45) is 1.64. The number of aromatic hydroxyl groups is 1. The highest BCUT2D eigenvalue weighted by Crippen LogP contribution is 2.44. The Kier molecular flexibility index (Phi) is 4.58. The van der Waals surface area contributed by atoms with Gasteiger partial charge in [-0.25, -0.2) is 18.6 Å². The summed E-state index contributed by atoms with van der Waals surface area (Å²) in [4.78, 5) is 15.9. The molecular formula is C24H19F2N3O3. The highest BCUT2D eigenvalue weighted by atomic mass is 19.1. The lowest BCUT2D eigenvalue weighted by molar-refractivity contribution is 0.0697. The average molecular weight is 435 g/mol. The van der Waals surface area contributed by atoms with E-state index in [0.717, 1.165) is 24.6 Å². The molecule has 0 fully saturated rings. The number of fused-ring (bicyclic) bond motifs is 3. The van der Waals surface area contributed by atoms with Crippen LogP contribution in [0.25, 0.3) is 22.0 Å². The first-order valence-corrected chi connectivity index (χ1v) is 10.1. The number of aryl methyl sites for hydroxylation is 1. The molecule has 6 nitrogen and oxygen atoms in total. The molecule has 5 rings (SSSR count). The zero-order valence-corrected chi connectivity index (χ0v) is 16.9. The predicted octanol–water partition coefficient (Wildman–Crippen LogP) is 4.50. The SMILES string of the molecule is Nc1c(Cc2ccc(F)cc2F)nc2c3n(c(O)c2c1-c1ccc(C(=O)O)cc1)CCC3. The maximum atomic E-state index is 14.3. The van der Waals surface area contributed by atoms with Gasteiger partial charge in [-0.2, -0.15) is 0 Å². The van der Waals surface area contributed by atoms with Crippen LogP contribution >= 0.6 is 0 Å². The number of pyridine rings is 1. The van der Waals surface area contributed by atoms with Gasteiger partial charge in [0.1, 0.15) is 11.6 Å². The van der Waals surface area contributed by atoms with Crippen molar-refractivity contribution >= 4 is 22.6 Å². The Morgan fingerprint density at radius 1 is 1.16 bits per heavy atom. The van der Waals surface area contributed by atoms with Crippen LogP contribution in [0.5, 0.6) is 5.88 Å². The average Bonchev–Trinajstić information content (AvgIpc) is 3.34. The van der Waals surface area contributed by atoms with Gasteiger partial charge >= 0.3 is 5.97 Å². The summed E-state index contributed by atoms with van der Waals surface area (Å²) >= 11 is 0. The van der Waals surface area contributed by atoms with Gasteiger partial charge in [-0.15, -0.1) is 0 Å². The van der Waals surface area contributed by atoms with E-state index in [1.54, 1.807) is 16.7 Å². The third-order valence-corrected chi connectivity index (χ3v) is 5.98. The lowest BCUT2D eigenvalue weighted by Gasteiger charge is -2.14. The van der Waals surface area contributed by atoms with E-state index in [2.05, 4.69) is 0 Å². The molecule has 0 atom stereocenters. The van der Waals surface area contributed by atoms with Crippen LogP contribution in [0, 0.1) is 11.6 Å². The van der Waals surface area contributed by atoms with Crippen LogP contribution in [0.15, 0.2) is 42.5 Å². The summed E-state index contributed by atoms with van der Waals surface area (Å²) in [5.74, 6) is -2.35. The number of rotatable bonds is 4. The second-order valence-corrected chi connectivity index (χ2v) is 7.89. The molecule has 0 saturated heterocycles. The highest BCUT2D eigenvalue weighted by Gasteiger charge is 2.27. The monoisotopic (exact) mass is 435 g/mol. The Hall–Kier alpha value is -3.94. The minimum Gasteiger partial charge on any atom is -0.494 e. The second-order valence-electron chi connectivity index (χ2n) is 7.89. The summed E-state index contributed by atoms with van der Waals surface area (Å²) in [6.45, 7) is 0.650. The third kappa shape index (κ3) is 3.07. The smallest absolute Gasteiger partial charge is 0.335 e. The van der Waals surface area contributed by atoms with Gasteiger partial charge in [-0.3, -0.25) is 0 Å². The molecule has 4 aromatic rings. The van der Waals surface area contributed by atoms with Crippen molar-refractivity contribution in [3.05, 3.63) is 76.6 Å². The van der Waals surface area contributed by atoms with Crippen molar-refractivity contribution in [2.24, 2.45) is 0 Å². The Labute approximate surface area is 181 Å². The minimum atomic E-state index is -1.05. The van der Waals surface area contributed by atoms with E-state index in [-0.39, 0.29) is 29.1 Å². The van der Waals surface area contributed by atoms with E-state index in [1.807, 2.05) is 0 Å². The molecule has 0 spiro atoms. The van der Waals surface area contributed by atoms with E-state index in [1.165, 1.54) is 24.3 Å². The number of aromatic carboxylic acids is 1. The molecule has 8 heteroatoms. The zero-order chi connectivity index (χ0) is 22.6. The highest BCUT2D eigenvalue weighted by molar-refractivity contribution is 6.06. The van der Waals surface area contributed by atoms with Crippen LogP contribution < -0.4 is 5.73 Å². The number of hydrogen-bond donors (Lipinski definition) is 3. The van der Waals surface area contributed by atoms with Crippen molar-refractivity contribution in [3.63, 3.8) is 0 Å². The number of nitrogen functional groups attached to an aromatic ring is 1. The van der Waals surface area contributed by atoms with Gasteiger partial charge < -0.3 is 20.5 Å². The molecular weight excluding hydrogens is 416 g/mol. The van der Waals surface area contributed by atoms with Gasteiger partial charge in [0.25, 0.3) is 0 Å². The van der Waals surface area contributed by atoms with Gasteiger partial charge in [0, 0.05) is 30.3 Å². The molecule has 0 bridgehead atoms.